The van der Waals surface area contributed by atoms with Crippen molar-refractivity contribution in [1.82, 2.24) is 14.5 Å². The number of hydrogen-bond acceptors (Lipinski definition) is 4. The van der Waals surface area contributed by atoms with Crippen molar-refractivity contribution in [3.8, 4) is 0 Å². The average molecular weight is 322 g/mol. The van der Waals surface area contributed by atoms with E-state index in [-0.39, 0.29) is 6.10 Å². The molecular formula is C19H22N4O. The summed E-state index contributed by atoms with van der Waals surface area (Å²) in [6.45, 7) is 1.69. The number of rotatable bonds is 4. The Morgan fingerprint density at radius 1 is 1.25 bits per heavy atom. The Morgan fingerprint density at radius 2 is 2.21 bits per heavy atom. The zero-order chi connectivity index (χ0) is 16.4. The van der Waals surface area contributed by atoms with E-state index in [0.29, 0.717) is 5.92 Å². The lowest BCUT2D eigenvalue weighted by Crippen LogP contribution is -2.30. The van der Waals surface area contributed by atoms with E-state index in [9.17, 15) is 0 Å². The Balaban J connectivity index is 1.49. The SMILES string of the molecule is Cn1ccnc1[C@@H]1OCCC[C@H]1CNc1ccc2ncccc2c1. The largest absolute Gasteiger partial charge is 0.385 e. The van der Waals surface area contributed by atoms with E-state index < -0.39 is 0 Å². The highest BCUT2D eigenvalue weighted by Gasteiger charge is 2.30. The molecule has 1 fully saturated rings. The molecule has 0 saturated carbocycles. The van der Waals surface area contributed by atoms with Gasteiger partial charge in [-0.3, -0.25) is 4.98 Å². The molecule has 1 saturated heterocycles. The van der Waals surface area contributed by atoms with Gasteiger partial charge in [0.2, 0.25) is 0 Å². The highest BCUT2D eigenvalue weighted by molar-refractivity contribution is 5.82. The Hall–Kier alpha value is -2.40. The lowest BCUT2D eigenvalue weighted by Gasteiger charge is -2.31. The topological polar surface area (TPSA) is 52.0 Å². The molecule has 5 heteroatoms. The third-order valence-electron chi connectivity index (χ3n) is 4.73. The zero-order valence-electron chi connectivity index (χ0n) is 13.9. The number of benzene rings is 1. The lowest BCUT2D eigenvalue weighted by molar-refractivity contribution is -0.0304. The fraction of sp³-hybridized carbons (Fsp3) is 0.368. The normalized spacial score (nSPS) is 21.0. The van der Waals surface area contributed by atoms with E-state index in [0.717, 1.165) is 48.4 Å². The van der Waals surface area contributed by atoms with E-state index in [1.54, 1.807) is 0 Å². The molecule has 0 radical (unpaired) electrons. The Morgan fingerprint density at radius 3 is 3.08 bits per heavy atom. The fourth-order valence-electron chi connectivity index (χ4n) is 3.42. The molecule has 0 aliphatic carbocycles. The van der Waals surface area contributed by atoms with Gasteiger partial charge in [0.05, 0.1) is 5.52 Å². The van der Waals surface area contributed by atoms with E-state index >= 15 is 0 Å². The summed E-state index contributed by atoms with van der Waals surface area (Å²) in [4.78, 5) is 8.86. The maximum absolute atomic E-state index is 6.04. The molecule has 0 unspecified atom stereocenters. The number of nitrogens with one attached hydrogen (secondary N) is 1. The molecule has 3 aromatic rings. The van der Waals surface area contributed by atoms with Gasteiger partial charge in [0.25, 0.3) is 0 Å². The highest BCUT2D eigenvalue weighted by atomic mass is 16.5. The van der Waals surface area contributed by atoms with Crippen LogP contribution in [-0.4, -0.2) is 27.7 Å². The Labute approximate surface area is 141 Å². The average Bonchev–Trinajstić information content (AvgIpc) is 3.06. The van der Waals surface area contributed by atoms with Gasteiger partial charge in [0.15, 0.2) is 0 Å². The molecule has 2 atom stereocenters. The molecule has 0 bridgehead atoms. The van der Waals surface area contributed by atoms with Gasteiger partial charge < -0.3 is 14.6 Å². The molecule has 5 nitrogen and oxygen atoms in total. The molecule has 1 aliphatic rings. The Bertz CT molecular complexity index is 829. The number of hydrogen-bond donors (Lipinski definition) is 1. The molecule has 4 rings (SSSR count). The maximum Gasteiger partial charge on any atom is 0.138 e. The molecule has 0 amide bonds. The molecule has 124 valence electrons. The summed E-state index contributed by atoms with van der Waals surface area (Å²) in [5.74, 6) is 1.44. The van der Waals surface area contributed by atoms with Crippen LogP contribution in [0.3, 0.4) is 0 Å². The monoisotopic (exact) mass is 322 g/mol. The van der Waals surface area contributed by atoms with Crippen LogP contribution in [0.2, 0.25) is 0 Å². The number of pyridine rings is 1. The van der Waals surface area contributed by atoms with Crippen LogP contribution < -0.4 is 5.32 Å². The number of ether oxygens (including phenoxy) is 1. The van der Waals surface area contributed by atoms with Crippen LogP contribution >= 0.6 is 0 Å². The van der Waals surface area contributed by atoms with Crippen molar-refractivity contribution in [2.75, 3.05) is 18.5 Å². The molecule has 0 spiro atoms. The van der Waals surface area contributed by atoms with Gasteiger partial charge in [-0.2, -0.15) is 0 Å². The van der Waals surface area contributed by atoms with Crippen LogP contribution in [0.15, 0.2) is 48.9 Å². The first-order valence-corrected chi connectivity index (χ1v) is 8.49. The van der Waals surface area contributed by atoms with Crippen LogP contribution in [0, 0.1) is 5.92 Å². The van der Waals surface area contributed by atoms with E-state index in [4.69, 9.17) is 4.74 Å². The number of nitrogens with zero attached hydrogens (tertiary/aromatic N) is 3. The minimum absolute atomic E-state index is 0.0633. The molecule has 1 aliphatic heterocycles. The van der Waals surface area contributed by atoms with Gasteiger partial charge in [-0.05, 0) is 37.1 Å². The van der Waals surface area contributed by atoms with Crippen molar-refractivity contribution in [3.05, 3.63) is 54.7 Å². The van der Waals surface area contributed by atoms with Gasteiger partial charge in [0, 0.05) is 55.8 Å². The van der Waals surface area contributed by atoms with Crippen molar-refractivity contribution in [2.45, 2.75) is 18.9 Å². The van der Waals surface area contributed by atoms with Crippen LogP contribution in [-0.2, 0) is 11.8 Å². The van der Waals surface area contributed by atoms with E-state index in [1.165, 1.54) is 0 Å². The van der Waals surface area contributed by atoms with Gasteiger partial charge in [-0.1, -0.05) is 6.07 Å². The molecular weight excluding hydrogens is 300 g/mol. The standard InChI is InChI=1S/C19H22N4O/c1-23-10-9-21-19(23)18-15(5-3-11-24-18)13-22-16-6-7-17-14(12-16)4-2-8-20-17/h2,4,6-10,12,15,18,22H,3,5,11,13H2,1H3/t15-,18+/m0/s1. The summed E-state index contributed by atoms with van der Waals surface area (Å²) >= 11 is 0. The second kappa shape index (κ2) is 6.61. The predicted octanol–water partition coefficient (Wildman–Crippen LogP) is 3.55. The van der Waals surface area contributed by atoms with Gasteiger partial charge >= 0.3 is 0 Å². The summed E-state index contributed by atoms with van der Waals surface area (Å²) < 4.78 is 8.10. The van der Waals surface area contributed by atoms with Crippen LogP contribution in [0.4, 0.5) is 5.69 Å². The van der Waals surface area contributed by atoms with Gasteiger partial charge in [0.1, 0.15) is 11.9 Å². The van der Waals surface area contributed by atoms with Crippen molar-refractivity contribution < 1.29 is 4.74 Å². The minimum atomic E-state index is 0.0633. The molecule has 2 aromatic heterocycles. The first-order chi connectivity index (χ1) is 11.8. The second-order valence-electron chi connectivity index (χ2n) is 6.38. The highest BCUT2D eigenvalue weighted by Crippen LogP contribution is 2.33. The zero-order valence-corrected chi connectivity index (χ0v) is 13.9. The summed E-state index contributed by atoms with van der Waals surface area (Å²) in [5, 5.41) is 4.73. The maximum atomic E-state index is 6.04. The molecule has 24 heavy (non-hydrogen) atoms. The van der Waals surface area contributed by atoms with Crippen LogP contribution in [0.1, 0.15) is 24.8 Å². The Kier molecular flexibility index (Phi) is 4.17. The van der Waals surface area contributed by atoms with Crippen molar-refractivity contribution in [2.24, 2.45) is 13.0 Å². The van der Waals surface area contributed by atoms with Crippen LogP contribution in [0.25, 0.3) is 10.9 Å². The summed E-state index contributed by atoms with van der Waals surface area (Å²) in [6.07, 6.45) is 7.97. The number of anilines is 1. The fourth-order valence-corrected chi connectivity index (χ4v) is 3.42. The number of aromatic nitrogens is 3. The minimum Gasteiger partial charge on any atom is -0.385 e. The second-order valence-corrected chi connectivity index (χ2v) is 6.38. The van der Waals surface area contributed by atoms with Gasteiger partial charge in [-0.15, -0.1) is 0 Å². The first-order valence-electron chi connectivity index (χ1n) is 8.49. The third kappa shape index (κ3) is 2.99. The summed E-state index contributed by atoms with van der Waals surface area (Å²) in [6, 6.07) is 10.4. The molecule has 3 heterocycles. The number of aryl methyl sites for hydroxylation is 1. The van der Waals surface area contributed by atoms with E-state index in [2.05, 4.69) is 44.1 Å². The van der Waals surface area contributed by atoms with Gasteiger partial charge in [-0.25, -0.2) is 4.98 Å². The summed E-state index contributed by atoms with van der Waals surface area (Å²) in [7, 11) is 2.03. The van der Waals surface area contributed by atoms with E-state index in [1.807, 2.05) is 31.7 Å². The van der Waals surface area contributed by atoms with Crippen molar-refractivity contribution >= 4 is 16.6 Å². The lowest BCUT2D eigenvalue weighted by atomic mass is 9.93. The van der Waals surface area contributed by atoms with Crippen molar-refractivity contribution in [1.29, 1.82) is 0 Å². The smallest absolute Gasteiger partial charge is 0.138 e. The molecule has 1 aromatic carbocycles. The quantitative estimate of drug-likeness (QED) is 0.798. The predicted molar refractivity (Wildman–Crippen MR) is 94.9 cm³/mol. The number of fused-ring (bicyclic) bond motifs is 1. The third-order valence-corrected chi connectivity index (χ3v) is 4.73. The van der Waals surface area contributed by atoms with Crippen molar-refractivity contribution in [3.63, 3.8) is 0 Å². The van der Waals surface area contributed by atoms with Crippen LogP contribution in [0.5, 0.6) is 0 Å². The summed E-state index contributed by atoms with van der Waals surface area (Å²) in [5.41, 5.74) is 2.15. The molecule has 1 N–H and O–H groups in total. The first kappa shape index (κ1) is 15.1. The number of imidazole rings is 1.